The van der Waals surface area contributed by atoms with E-state index in [1.807, 2.05) is 12.3 Å². The lowest BCUT2D eigenvalue weighted by Crippen LogP contribution is -2.22. The van der Waals surface area contributed by atoms with Gasteiger partial charge >= 0.3 is 0 Å². The van der Waals surface area contributed by atoms with Crippen LogP contribution < -0.4 is 16.0 Å². The van der Waals surface area contributed by atoms with Gasteiger partial charge in [-0.15, -0.1) is 11.3 Å². The lowest BCUT2D eigenvalue weighted by Gasteiger charge is -2.09. The van der Waals surface area contributed by atoms with Gasteiger partial charge in [-0.1, -0.05) is 18.2 Å². The van der Waals surface area contributed by atoms with Gasteiger partial charge in [-0.2, -0.15) is 0 Å². The number of amides is 3. The van der Waals surface area contributed by atoms with Gasteiger partial charge in [0.15, 0.2) is 0 Å². The number of carbonyl (C=O) groups is 3. The van der Waals surface area contributed by atoms with E-state index in [0.29, 0.717) is 33.9 Å². The molecule has 28 heavy (non-hydrogen) atoms. The molecule has 0 fully saturated rings. The maximum Gasteiger partial charge on any atom is 0.265 e. The van der Waals surface area contributed by atoms with Crippen LogP contribution in [0, 0.1) is 0 Å². The van der Waals surface area contributed by atoms with Crippen molar-refractivity contribution in [1.82, 2.24) is 5.32 Å². The standard InChI is InChI=1S/C21H19N3O3S/c1-2-22-19(25)14-6-3-8-16(12-14)23-20(26)15-7-4-9-17(13-15)24-21(27)18-10-5-11-28-18/h3-13H,2H2,1H3,(H,22,25)(H,23,26)(H,24,27). The molecule has 3 rings (SSSR count). The highest BCUT2D eigenvalue weighted by molar-refractivity contribution is 7.12. The highest BCUT2D eigenvalue weighted by Crippen LogP contribution is 2.17. The number of hydrogen-bond acceptors (Lipinski definition) is 4. The van der Waals surface area contributed by atoms with E-state index in [-0.39, 0.29) is 17.7 Å². The molecule has 142 valence electrons. The van der Waals surface area contributed by atoms with E-state index >= 15 is 0 Å². The van der Waals surface area contributed by atoms with Gasteiger partial charge in [0.05, 0.1) is 4.88 Å². The van der Waals surface area contributed by atoms with E-state index in [2.05, 4.69) is 16.0 Å². The van der Waals surface area contributed by atoms with Crippen molar-refractivity contribution in [3.05, 3.63) is 82.0 Å². The first-order valence-electron chi connectivity index (χ1n) is 8.71. The zero-order chi connectivity index (χ0) is 19.9. The minimum atomic E-state index is -0.333. The molecule has 3 aromatic rings. The first-order chi connectivity index (χ1) is 13.6. The molecule has 0 unspecified atom stereocenters. The number of rotatable bonds is 6. The van der Waals surface area contributed by atoms with Crippen molar-refractivity contribution in [2.45, 2.75) is 6.92 Å². The smallest absolute Gasteiger partial charge is 0.265 e. The summed E-state index contributed by atoms with van der Waals surface area (Å²) in [6.07, 6.45) is 0. The Morgan fingerprint density at radius 1 is 0.786 bits per heavy atom. The van der Waals surface area contributed by atoms with Crippen LogP contribution in [0.3, 0.4) is 0 Å². The number of nitrogens with one attached hydrogen (secondary N) is 3. The fourth-order valence-corrected chi connectivity index (χ4v) is 3.16. The minimum absolute atomic E-state index is 0.197. The Hall–Kier alpha value is -3.45. The van der Waals surface area contributed by atoms with Gasteiger partial charge in [-0.3, -0.25) is 14.4 Å². The predicted molar refractivity (Wildman–Crippen MR) is 111 cm³/mol. The zero-order valence-corrected chi connectivity index (χ0v) is 16.0. The average Bonchev–Trinajstić information content (AvgIpc) is 3.23. The van der Waals surface area contributed by atoms with E-state index in [4.69, 9.17) is 0 Å². The molecule has 0 saturated heterocycles. The summed E-state index contributed by atoms with van der Waals surface area (Å²) in [5.41, 5.74) is 1.91. The Bertz CT molecular complexity index is 1000. The van der Waals surface area contributed by atoms with Gasteiger partial charge in [-0.05, 0) is 54.8 Å². The third-order valence-corrected chi connectivity index (χ3v) is 4.72. The molecular weight excluding hydrogens is 374 g/mol. The molecule has 0 aliphatic heterocycles. The van der Waals surface area contributed by atoms with Crippen molar-refractivity contribution in [3.8, 4) is 0 Å². The van der Waals surface area contributed by atoms with E-state index in [0.717, 1.165) is 0 Å². The van der Waals surface area contributed by atoms with Crippen LogP contribution in [0.4, 0.5) is 11.4 Å². The number of benzene rings is 2. The molecule has 0 radical (unpaired) electrons. The zero-order valence-electron chi connectivity index (χ0n) is 15.2. The van der Waals surface area contributed by atoms with Crippen LogP contribution in [0.2, 0.25) is 0 Å². The molecule has 0 atom stereocenters. The van der Waals surface area contributed by atoms with Crippen LogP contribution in [-0.4, -0.2) is 24.3 Å². The lowest BCUT2D eigenvalue weighted by atomic mass is 10.1. The summed E-state index contributed by atoms with van der Waals surface area (Å²) in [5, 5.41) is 10.1. The molecule has 1 aromatic heterocycles. The van der Waals surface area contributed by atoms with Crippen molar-refractivity contribution in [2.75, 3.05) is 17.2 Å². The van der Waals surface area contributed by atoms with E-state index in [9.17, 15) is 14.4 Å². The van der Waals surface area contributed by atoms with Crippen molar-refractivity contribution in [2.24, 2.45) is 0 Å². The monoisotopic (exact) mass is 393 g/mol. The topological polar surface area (TPSA) is 87.3 Å². The summed E-state index contributed by atoms with van der Waals surface area (Å²) >= 11 is 1.35. The maximum atomic E-state index is 12.6. The summed E-state index contributed by atoms with van der Waals surface area (Å²) < 4.78 is 0. The van der Waals surface area contributed by atoms with Crippen LogP contribution in [-0.2, 0) is 0 Å². The third-order valence-electron chi connectivity index (χ3n) is 3.85. The lowest BCUT2D eigenvalue weighted by molar-refractivity contribution is 0.0953. The van der Waals surface area contributed by atoms with E-state index < -0.39 is 0 Å². The SMILES string of the molecule is CCNC(=O)c1cccc(NC(=O)c2cccc(NC(=O)c3cccs3)c2)c1. The number of anilines is 2. The van der Waals surface area contributed by atoms with Crippen LogP contribution in [0.25, 0.3) is 0 Å². The second-order valence-electron chi connectivity index (χ2n) is 5.91. The molecule has 7 heteroatoms. The first kappa shape index (κ1) is 19.3. The Balaban J connectivity index is 1.70. The number of hydrogen-bond donors (Lipinski definition) is 3. The van der Waals surface area contributed by atoms with Gasteiger partial charge in [0.25, 0.3) is 17.7 Å². The van der Waals surface area contributed by atoms with Gasteiger partial charge in [0.2, 0.25) is 0 Å². The molecule has 0 spiro atoms. The second kappa shape index (κ2) is 8.96. The molecule has 3 amide bonds. The van der Waals surface area contributed by atoms with E-state index in [1.165, 1.54) is 11.3 Å². The Labute approximate surface area is 166 Å². The van der Waals surface area contributed by atoms with Crippen molar-refractivity contribution < 1.29 is 14.4 Å². The molecule has 0 saturated carbocycles. The summed E-state index contributed by atoms with van der Waals surface area (Å²) in [5.74, 6) is -0.751. The van der Waals surface area contributed by atoms with Crippen molar-refractivity contribution >= 4 is 40.4 Å². The van der Waals surface area contributed by atoms with Crippen molar-refractivity contribution in [3.63, 3.8) is 0 Å². The summed E-state index contributed by atoms with van der Waals surface area (Å²) in [6, 6.07) is 16.9. The summed E-state index contributed by atoms with van der Waals surface area (Å²) in [7, 11) is 0. The molecule has 0 aliphatic rings. The third kappa shape index (κ3) is 4.83. The molecular formula is C21H19N3O3S. The Kier molecular flexibility index (Phi) is 6.18. The molecule has 2 aromatic carbocycles. The maximum absolute atomic E-state index is 12.6. The fourth-order valence-electron chi connectivity index (χ4n) is 2.54. The van der Waals surface area contributed by atoms with Crippen molar-refractivity contribution in [1.29, 1.82) is 0 Å². The van der Waals surface area contributed by atoms with Gasteiger partial charge < -0.3 is 16.0 Å². The van der Waals surface area contributed by atoms with Crippen LogP contribution >= 0.6 is 11.3 Å². The first-order valence-corrected chi connectivity index (χ1v) is 9.59. The van der Waals surface area contributed by atoms with Crippen LogP contribution in [0.1, 0.15) is 37.3 Å². The average molecular weight is 393 g/mol. The molecule has 3 N–H and O–H groups in total. The van der Waals surface area contributed by atoms with Crippen LogP contribution in [0.5, 0.6) is 0 Å². The van der Waals surface area contributed by atoms with Crippen LogP contribution in [0.15, 0.2) is 66.0 Å². The van der Waals surface area contributed by atoms with Gasteiger partial charge in [0, 0.05) is 29.0 Å². The molecule has 0 bridgehead atoms. The number of carbonyl (C=O) groups excluding carboxylic acids is 3. The second-order valence-corrected chi connectivity index (χ2v) is 6.85. The largest absolute Gasteiger partial charge is 0.352 e. The summed E-state index contributed by atoms with van der Waals surface area (Å²) in [4.78, 5) is 37.3. The Morgan fingerprint density at radius 2 is 1.39 bits per heavy atom. The fraction of sp³-hybridized carbons (Fsp3) is 0.0952. The molecule has 1 heterocycles. The highest BCUT2D eigenvalue weighted by atomic mass is 32.1. The minimum Gasteiger partial charge on any atom is -0.352 e. The Morgan fingerprint density at radius 3 is 1.96 bits per heavy atom. The number of thiophene rings is 1. The summed E-state index contributed by atoms with van der Waals surface area (Å²) in [6.45, 7) is 2.37. The van der Waals surface area contributed by atoms with Gasteiger partial charge in [-0.25, -0.2) is 0 Å². The highest BCUT2D eigenvalue weighted by Gasteiger charge is 2.11. The molecule has 0 aliphatic carbocycles. The molecule has 6 nitrogen and oxygen atoms in total. The quantitative estimate of drug-likeness (QED) is 0.591. The van der Waals surface area contributed by atoms with Gasteiger partial charge in [0.1, 0.15) is 0 Å². The predicted octanol–water partition coefficient (Wildman–Crippen LogP) is 4.00. The van der Waals surface area contributed by atoms with E-state index in [1.54, 1.807) is 60.7 Å². The normalized spacial score (nSPS) is 10.2.